The molecule has 0 spiro atoms. The van der Waals surface area contributed by atoms with Crippen LogP contribution in [0.3, 0.4) is 0 Å². The van der Waals surface area contributed by atoms with Crippen molar-refractivity contribution in [1.29, 1.82) is 0 Å². The second-order valence-electron chi connectivity index (χ2n) is 5.84. The van der Waals surface area contributed by atoms with E-state index in [-0.39, 0.29) is 31.5 Å². The number of aliphatic hydroxyl groups is 1. The van der Waals surface area contributed by atoms with Crippen molar-refractivity contribution in [3.63, 3.8) is 0 Å². The van der Waals surface area contributed by atoms with Crippen molar-refractivity contribution in [2.24, 2.45) is 0 Å². The summed E-state index contributed by atoms with van der Waals surface area (Å²) in [6.45, 7) is 6.37. The van der Waals surface area contributed by atoms with Crippen LogP contribution in [0.25, 0.3) is 0 Å². The number of hydrogen-bond acceptors (Lipinski definition) is 3. The molecule has 6 heteroatoms. The van der Waals surface area contributed by atoms with Crippen molar-refractivity contribution < 1.29 is 19.0 Å². The first kappa shape index (κ1) is 18.4. The topological polar surface area (TPSA) is 61.8 Å². The highest BCUT2D eigenvalue weighted by Crippen LogP contribution is 2.12. The zero-order chi connectivity index (χ0) is 16.8. The van der Waals surface area contributed by atoms with Gasteiger partial charge in [-0.05, 0) is 38.5 Å². The lowest BCUT2D eigenvalue weighted by molar-refractivity contribution is 0.0480. The van der Waals surface area contributed by atoms with Gasteiger partial charge in [0.15, 0.2) is 0 Å². The molecule has 0 bridgehead atoms. The predicted octanol–water partition coefficient (Wildman–Crippen LogP) is 2.27. The number of nitrogens with one attached hydrogen (secondary N) is 1. The van der Waals surface area contributed by atoms with Gasteiger partial charge in [0.05, 0.1) is 18.8 Å². The van der Waals surface area contributed by atoms with Crippen LogP contribution in [0.15, 0.2) is 18.2 Å². The van der Waals surface area contributed by atoms with E-state index in [0.717, 1.165) is 5.56 Å². The van der Waals surface area contributed by atoms with Crippen LogP contribution >= 0.6 is 0 Å². The number of likely N-dealkylation sites (N-methyl/N-ethyl adjacent to an activating group) is 1. The van der Waals surface area contributed by atoms with E-state index in [1.54, 1.807) is 26.0 Å². The Kier molecular flexibility index (Phi) is 6.77. The molecule has 124 valence electrons. The van der Waals surface area contributed by atoms with Crippen LogP contribution < -0.4 is 5.32 Å². The van der Waals surface area contributed by atoms with Crippen LogP contribution in [0.1, 0.15) is 31.9 Å². The summed E-state index contributed by atoms with van der Waals surface area (Å²) in [4.78, 5) is 13.6. The maximum absolute atomic E-state index is 13.5. The molecule has 0 aromatic heterocycles. The fraction of sp³-hybridized carbons (Fsp3) is 0.562. The van der Waals surface area contributed by atoms with E-state index < -0.39 is 5.60 Å². The molecule has 0 aliphatic rings. The third-order valence-electron chi connectivity index (χ3n) is 3.10. The van der Waals surface area contributed by atoms with E-state index >= 15 is 0 Å². The summed E-state index contributed by atoms with van der Waals surface area (Å²) >= 11 is 0. The molecule has 0 fully saturated rings. The third kappa shape index (κ3) is 5.99. The standard InChI is InChI=1S/C16H25FN2O3/c1-5-19(11-16(2,3)21)15(20)18-9-12-6-7-14(17)13(8-12)10-22-4/h6-8,21H,5,9-11H2,1-4H3,(H,18,20). The number of methoxy groups -OCH3 is 1. The number of hydrogen-bond donors (Lipinski definition) is 2. The first-order chi connectivity index (χ1) is 10.3. The summed E-state index contributed by atoms with van der Waals surface area (Å²) in [5.41, 5.74) is 0.300. The number of urea groups is 1. The van der Waals surface area contributed by atoms with Gasteiger partial charge in [-0.3, -0.25) is 0 Å². The normalized spacial score (nSPS) is 11.4. The quantitative estimate of drug-likeness (QED) is 0.812. The molecule has 0 saturated carbocycles. The summed E-state index contributed by atoms with van der Waals surface area (Å²) in [6, 6.07) is 4.40. The average molecular weight is 312 g/mol. The second kappa shape index (κ2) is 8.10. The average Bonchev–Trinajstić information content (AvgIpc) is 2.44. The highest BCUT2D eigenvalue weighted by Gasteiger charge is 2.21. The number of nitrogens with zero attached hydrogens (tertiary/aromatic N) is 1. The number of ether oxygens (including phenoxy) is 1. The minimum atomic E-state index is -0.950. The maximum Gasteiger partial charge on any atom is 0.317 e. The highest BCUT2D eigenvalue weighted by molar-refractivity contribution is 5.74. The number of rotatable bonds is 7. The highest BCUT2D eigenvalue weighted by atomic mass is 19.1. The summed E-state index contributed by atoms with van der Waals surface area (Å²) in [6.07, 6.45) is 0. The van der Waals surface area contributed by atoms with Gasteiger partial charge in [0, 0.05) is 25.8 Å². The molecular weight excluding hydrogens is 287 g/mol. The monoisotopic (exact) mass is 312 g/mol. The zero-order valence-electron chi connectivity index (χ0n) is 13.6. The van der Waals surface area contributed by atoms with Crippen LogP contribution in [0.2, 0.25) is 0 Å². The SMILES string of the molecule is CCN(CC(C)(C)O)C(=O)NCc1ccc(F)c(COC)c1. The van der Waals surface area contributed by atoms with Gasteiger partial charge in [0.25, 0.3) is 0 Å². The molecule has 1 rings (SSSR count). The number of benzene rings is 1. The first-order valence-corrected chi connectivity index (χ1v) is 7.28. The predicted molar refractivity (Wildman–Crippen MR) is 82.9 cm³/mol. The Hall–Kier alpha value is -1.66. The lowest BCUT2D eigenvalue weighted by Crippen LogP contribution is -2.46. The molecule has 2 amide bonds. The summed E-state index contributed by atoms with van der Waals surface area (Å²) in [5.74, 6) is -0.325. The van der Waals surface area contributed by atoms with Crippen molar-refractivity contribution in [3.8, 4) is 0 Å². The largest absolute Gasteiger partial charge is 0.389 e. The Morgan fingerprint density at radius 1 is 1.45 bits per heavy atom. The van der Waals surface area contributed by atoms with Gasteiger partial charge in [0.2, 0.25) is 0 Å². The number of carbonyl (C=O) groups is 1. The molecule has 0 aliphatic carbocycles. The second-order valence-corrected chi connectivity index (χ2v) is 5.84. The molecule has 1 aromatic rings. The molecule has 1 aromatic carbocycles. The van der Waals surface area contributed by atoms with Gasteiger partial charge >= 0.3 is 6.03 Å². The fourth-order valence-electron chi connectivity index (χ4n) is 2.09. The van der Waals surface area contributed by atoms with Crippen molar-refractivity contribution in [1.82, 2.24) is 10.2 Å². The van der Waals surface area contributed by atoms with Gasteiger partial charge in [-0.15, -0.1) is 0 Å². The molecule has 0 heterocycles. The van der Waals surface area contributed by atoms with Crippen molar-refractivity contribution in [2.75, 3.05) is 20.2 Å². The molecule has 0 saturated heterocycles. The Morgan fingerprint density at radius 2 is 2.14 bits per heavy atom. The van der Waals surface area contributed by atoms with E-state index in [0.29, 0.717) is 12.1 Å². The third-order valence-corrected chi connectivity index (χ3v) is 3.10. The maximum atomic E-state index is 13.5. The Labute approximate surface area is 131 Å². The van der Waals surface area contributed by atoms with Crippen LogP contribution in [0.4, 0.5) is 9.18 Å². The van der Waals surface area contributed by atoms with E-state index in [4.69, 9.17) is 4.74 Å². The Bertz CT molecular complexity index is 501. The number of amides is 2. The summed E-state index contributed by atoms with van der Waals surface area (Å²) in [7, 11) is 1.50. The van der Waals surface area contributed by atoms with Crippen LogP contribution in [0.5, 0.6) is 0 Å². The van der Waals surface area contributed by atoms with Crippen molar-refractivity contribution >= 4 is 6.03 Å². The van der Waals surface area contributed by atoms with Crippen molar-refractivity contribution in [3.05, 3.63) is 35.1 Å². The summed E-state index contributed by atoms with van der Waals surface area (Å²) in [5, 5.41) is 12.6. The number of halogens is 1. The molecular formula is C16H25FN2O3. The number of carbonyl (C=O) groups excluding carboxylic acids is 1. The summed E-state index contributed by atoms with van der Waals surface area (Å²) < 4.78 is 18.5. The fourth-order valence-corrected chi connectivity index (χ4v) is 2.09. The zero-order valence-corrected chi connectivity index (χ0v) is 13.6. The Morgan fingerprint density at radius 3 is 2.68 bits per heavy atom. The lowest BCUT2D eigenvalue weighted by Gasteiger charge is -2.28. The molecule has 5 nitrogen and oxygen atoms in total. The van der Waals surface area contributed by atoms with Gasteiger partial charge in [-0.2, -0.15) is 0 Å². The minimum Gasteiger partial charge on any atom is -0.389 e. The van der Waals surface area contributed by atoms with E-state index in [9.17, 15) is 14.3 Å². The lowest BCUT2D eigenvalue weighted by atomic mass is 10.1. The van der Waals surface area contributed by atoms with Crippen LogP contribution in [-0.2, 0) is 17.9 Å². The van der Waals surface area contributed by atoms with Gasteiger partial charge in [-0.25, -0.2) is 9.18 Å². The van der Waals surface area contributed by atoms with E-state index in [1.165, 1.54) is 18.1 Å². The van der Waals surface area contributed by atoms with Crippen LogP contribution in [0, 0.1) is 5.82 Å². The van der Waals surface area contributed by atoms with Crippen LogP contribution in [-0.4, -0.2) is 41.8 Å². The van der Waals surface area contributed by atoms with Crippen molar-refractivity contribution in [2.45, 2.75) is 39.5 Å². The van der Waals surface area contributed by atoms with Gasteiger partial charge < -0.3 is 20.1 Å². The molecule has 0 radical (unpaired) electrons. The van der Waals surface area contributed by atoms with Gasteiger partial charge in [-0.1, -0.05) is 6.07 Å². The minimum absolute atomic E-state index is 0.188. The molecule has 2 N–H and O–H groups in total. The molecule has 0 aliphatic heterocycles. The van der Waals surface area contributed by atoms with E-state index in [2.05, 4.69) is 5.32 Å². The molecule has 0 atom stereocenters. The van der Waals surface area contributed by atoms with Gasteiger partial charge in [0.1, 0.15) is 5.82 Å². The molecule has 22 heavy (non-hydrogen) atoms. The van der Waals surface area contributed by atoms with E-state index in [1.807, 2.05) is 6.92 Å². The smallest absolute Gasteiger partial charge is 0.317 e. The first-order valence-electron chi connectivity index (χ1n) is 7.28. The Balaban J connectivity index is 2.64. The molecule has 0 unspecified atom stereocenters.